The van der Waals surface area contributed by atoms with Gasteiger partial charge in [-0.25, -0.2) is 14.9 Å². The summed E-state index contributed by atoms with van der Waals surface area (Å²) in [6.45, 7) is 1.34. The first-order valence-electron chi connectivity index (χ1n) is 8.18. The van der Waals surface area contributed by atoms with Crippen LogP contribution < -0.4 is 15.9 Å². The maximum absolute atomic E-state index is 6.42. The highest BCUT2D eigenvalue weighted by molar-refractivity contribution is 6.32. The van der Waals surface area contributed by atoms with Crippen LogP contribution in [-0.2, 0) is 15.3 Å². The molecule has 2 unspecified atom stereocenters. The van der Waals surface area contributed by atoms with Crippen LogP contribution in [0.1, 0.15) is 31.2 Å². The van der Waals surface area contributed by atoms with Crippen LogP contribution in [-0.4, -0.2) is 44.7 Å². The molecule has 3 aliphatic rings. The molecule has 1 saturated heterocycles. The lowest BCUT2D eigenvalue weighted by Crippen LogP contribution is -2.51. The van der Waals surface area contributed by atoms with E-state index in [1.54, 1.807) is 12.1 Å². The van der Waals surface area contributed by atoms with Gasteiger partial charge in [-0.05, 0) is 25.3 Å². The Morgan fingerprint density at radius 2 is 2.22 bits per heavy atom. The Kier molecular flexibility index (Phi) is 3.32. The largest absolute Gasteiger partial charge is 0.484 e. The third kappa shape index (κ3) is 2.39. The lowest BCUT2D eigenvalue weighted by molar-refractivity contribution is -0.209. The topological polar surface area (TPSA) is 69.3 Å². The molecular formula is C16H22BN3O3. The fourth-order valence-electron chi connectivity index (χ4n) is 3.77. The lowest BCUT2D eigenvalue weighted by Gasteiger charge is -2.44. The van der Waals surface area contributed by atoms with Crippen LogP contribution in [0.3, 0.4) is 0 Å². The summed E-state index contributed by atoms with van der Waals surface area (Å²) < 4.78 is 12.2. The summed E-state index contributed by atoms with van der Waals surface area (Å²) >= 11 is 0. The van der Waals surface area contributed by atoms with E-state index in [2.05, 4.69) is 25.0 Å². The number of benzene rings is 1. The number of guanidine groups is 1. The van der Waals surface area contributed by atoms with Gasteiger partial charge in [0.15, 0.2) is 0 Å². The minimum Gasteiger partial charge on any atom is -0.484 e. The number of nitrogens with zero attached hydrogens (tertiary/aromatic N) is 2. The van der Waals surface area contributed by atoms with Crippen molar-refractivity contribution in [1.29, 1.82) is 0 Å². The molecule has 4 rings (SSSR count). The molecule has 2 atom stereocenters. The van der Waals surface area contributed by atoms with Crippen molar-refractivity contribution in [2.45, 2.75) is 37.0 Å². The standard InChI is InChI=1S/C16H22BN3O3/c1-20-14(18)19-16(23-20)9-15(6-2-3-7-21-10-15)22-13-5-4-11(17)8-12(13)16/h4-5,8H,2-3,6-7,9-10,17H2,1H3,(H2,18,19). The Hall–Kier alpha value is -1.73. The Labute approximate surface area is 137 Å². The van der Waals surface area contributed by atoms with Gasteiger partial charge < -0.3 is 15.2 Å². The van der Waals surface area contributed by atoms with Gasteiger partial charge in [0.05, 0.1) is 12.2 Å². The van der Waals surface area contributed by atoms with E-state index in [0.29, 0.717) is 19.0 Å². The second kappa shape index (κ2) is 5.14. The van der Waals surface area contributed by atoms with E-state index in [1.807, 2.05) is 6.07 Å². The molecule has 0 bridgehead atoms. The number of hydrogen-bond acceptors (Lipinski definition) is 6. The van der Waals surface area contributed by atoms with E-state index in [1.165, 1.54) is 0 Å². The SMILES string of the molecule is Bc1ccc2c(c1)C1(CC3(CCCCOC3)O2)N=C(N)N(C)O1. The van der Waals surface area contributed by atoms with E-state index in [9.17, 15) is 0 Å². The zero-order valence-electron chi connectivity index (χ0n) is 13.7. The monoisotopic (exact) mass is 315 g/mol. The van der Waals surface area contributed by atoms with E-state index in [0.717, 1.165) is 42.6 Å². The Bertz CT molecular complexity index is 658. The molecule has 23 heavy (non-hydrogen) atoms. The van der Waals surface area contributed by atoms with E-state index in [-0.39, 0.29) is 0 Å². The summed E-state index contributed by atoms with van der Waals surface area (Å²) in [5.74, 6) is 1.21. The van der Waals surface area contributed by atoms with Crippen molar-refractivity contribution in [3.05, 3.63) is 23.8 Å². The summed E-state index contributed by atoms with van der Waals surface area (Å²) in [5.41, 5.74) is 6.87. The molecule has 2 N–H and O–H groups in total. The molecule has 1 aromatic rings. The van der Waals surface area contributed by atoms with Gasteiger partial charge in [0.1, 0.15) is 19.2 Å². The van der Waals surface area contributed by atoms with Crippen molar-refractivity contribution in [2.24, 2.45) is 10.7 Å². The van der Waals surface area contributed by atoms with E-state index < -0.39 is 11.3 Å². The summed E-state index contributed by atoms with van der Waals surface area (Å²) in [5, 5.41) is 1.54. The second-order valence-corrected chi connectivity index (χ2v) is 6.81. The highest BCUT2D eigenvalue weighted by atomic mass is 16.7. The zero-order chi connectivity index (χ0) is 16.1. The van der Waals surface area contributed by atoms with Crippen LogP contribution in [0.2, 0.25) is 0 Å². The fraction of sp³-hybridized carbons (Fsp3) is 0.562. The molecule has 6 nitrogen and oxygen atoms in total. The van der Waals surface area contributed by atoms with E-state index in [4.69, 9.17) is 20.0 Å². The van der Waals surface area contributed by atoms with Crippen LogP contribution in [0.4, 0.5) is 0 Å². The second-order valence-electron chi connectivity index (χ2n) is 6.81. The van der Waals surface area contributed by atoms with Crippen LogP contribution in [0.15, 0.2) is 23.2 Å². The van der Waals surface area contributed by atoms with Gasteiger partial charge in [0.2, 0.25) is 11.7 Å². The predicted octanol–water partition coefficient (Wildman–Crippen LogP) is 0.0113. The lowest BCUT2D eigenvalue weighted by atomic mass is 9.80. The minimum atomic E-state index is -0.813. The summed E-state index contributed by atoms with van der Waals surface area (Å²) in [6, 6.07) is 6.14. The third-order valence-corrected chi connectivity index (χ3v) is 4.89. The molecule has 0 aliphatic carbocycles. The molecule has 1 fully saturated rings. The molecular weight excluding hydrogens is 293 g/mol. The molecule has 0 amide bonds. The van der Waals surface area contributed by atoms with Gasteiger partial charge in [0.25, 0.3) is 0 Å². The highest BCUT2D eigenvalue weighted by Gasteiger charge is 2.54. The van der Waals surface area contributed by atoms with Gasteiger partial charge >= 0.3 is 0 Å². The Morgan fingerprint density at radius 3 is 3.00 bits per heavy atom. The highest BCUT2D eigenvalue weighted by Crippen LogP contribution is 2.50. The summed E-state index contributed by atoms with van der Waals surface area (Å²) in [4.78, 5) is 10.8. The van der Waals surface area contributed by atoms with Crippen LogP contribution in [0, 0.1) is 0 Å². The van der Waals surface area contributed by atoms with Crippen LogP contribution in [0.25, 0.3) is 0 Å². The number of hydrogen-bond donors (Lipinski definition) is 1. The number of fused-ring (bicyclic) bond motifs is 2. The van der Waals surface area contributed by atoms with Gasteiger partial charge in [-0.2, -0.15) is 0 Å². The minimum absolute atomic E-state index is 0.393. The molecule has 7 heteroatoms. The van der Waals surface area contributed by atoms with Crippen LogP contribution >= 0.6 is 0 Å². The average Bonchev–Trinajstić information content (AvgIpc) is 2.67. The predicted molar refractivity (Wildman–Crippen MR) is 89.4 cm³/mol. The molecule has 0 aromatic heterocycles. The maximum Gasteiger partial charge on any atom is 0.222 e. The van der Waals surface area contributed by atoms with Gasteiger partial charge in [-0.3, -0.25) is 0 Å². The maximum atomic E-state index is 6.42. The summed E-state index contributed by atoms with van der Waals surface area (Å²) in [7, 11) is 3.84. The molecule has 3 aliphatic heterocycles. The summed E-state index contributed by atoms with van der Waals surface area (Å²) in [6.07, 6.45) is 3.68. The number of rotatable bonds is 0. The molecule has 3 heterocycles. The zero-order valence-corrected chi connectivity index (χ0v) is 13.7. The quantitative estimate of drug-likeness (QED) is 0.683. The number of aliphatic imine (C=N–C) groups is 1. The van der Waals surface area contributed by atoms with E-state index >= 15 is 0 Å². The van der Waals surface area contributed by atoms with Crippen molar-refractivity contribution < 1.29 is 14.3 Å². The first-order valence-corrected chi connectivity index (χ1v) is 8.18. The molecule has 0 radical (unpaired) electrons. The third-order valence-electron chi connectivity index (χ3n) is 4.89. The molecule has 122 valence electrons. The van der Waals surface area contributed by atoms with Gasteiger partial charge in [-0.15, -0.1) is 0 Å². The van der Waals surface area contributed by atoms with Crippen molar-refractivity contribution >= 4 is 19.3 Å². The van der Waals surface area contributed by atoms with Crippen molar-refractivity contribution in [2.75, 3.05) is 20.3 Å². The Morgan fingerprint density at radius 1 is 1.35 bits per heavy atom. The number of hydroxylamine groups is 2. The van der Waals surface area contributed by atoms with Crippen molar-refractivity contribution in [3.63, 3.8) is 0 Å². The number of ether oxygens (including phenoxy) is 2. The van der Waals surface area contributed by atoms with Crippen molar-refractivity contribution in [3.8, 4) is 5.75 Å². The van der Waals surface area contributed by atoms with Gasteiger partial charge in [-0.1, -0.05) is 17.6 Å². The fourth-order valence-corrected chi connectivity index (χ4v) is 3.77. The normalized spacial score (nSPS) is 33.3. The van der Waals surface area contributed by atoms with Crippen molar-refractivity contribution in [1.82, 2.24) is 5.06 Å². The first kappa shape index (κ1) is 14.8. The van der Waals surface area contributed by atoms with Crippen LogP contribution in [0.5, 0.6) is 5.75 Å². The number of nitrogens with two attached hydrogens (primary N) is 1. The average molecular weight is 315 g/mol. The molecule has 2 spiro atoms. The van der Waals surface area contributed by atoms with Gasteiger partial charge in [0, 0.05) is 20.1 Å². The molecule has 1 aromatic carbocycles. The molecule has 0 saturated carbocycles. The smallest absolute Gasteiger partial charge is 0.222 e. The first-order chi connectivity index (χ1) is 11.0. The Balaban J connectivity index is 1.83.